The number of halogens is 1. The van der Waals surface area contributed by atoms with Crippen molar-refractivity contribution in [3.63, 3.8) is 0 Å². The first-order chi connectivity index (χ1) is 9.74. The van der Waals surface area contributed by atoms with Crippen molar-refractivity contribution in [2.75, 3.05) is 20.1 Å². The molecule has 1 fully saturated rings. The molecule has 0 unspecified atom stereocenters. The van der Waals surface area contributed by atoms with Gasteiger partial charge in [0, 0.05) is 36.8 Å². The molecule has 7 heteroatoms. The first kappa shape index (κ1) is 16.5. The van der Waals surface area contributed by atoms with Crippen LogP contribution in [0.3, 0.4) is 0 Å². The second-order valence-corrected chi connectivity index (χ2v) is 8.06. The molecular weight excluding hydrogens is 310 g/mol. The third-order valence-corrected chi connectivity index (χ3v) is 4.47. The average molecular weight is 332 g/mol. The largest absolute Gasteiger partial charge is 0.444 e. The predicted molar refractivity (Wildman–Crippen MR) is 84.8 cm³/mol. The summed E-state index contributed by atoms with van der Waals surface area (Å²) in [7, 11) is 2.07. The molecule has 0 radical (unpaired) electrons. The van der Waals surface area contributed by atoms with Gasteiger partial charge in [0.25, 0.3) is 0 Å². The Balaban J connectivity index is 1.85. The van der Waals surface area contributed by atoms with E-state index in [1.54, 1.807) is 4.90 Å². The van der Waals surface area contributed by atoms with Gasteiger partial charge < -0.3 is 9.64 Å². The molecule has 2 heterocycles. The zero-order valence-electron chi connectivity index (χ0n) is 12.9. The molecule has 1 atom stereocenters. The van der Waals surface area contributed by atoms with E-state index in [9.17, 15) is 4.79 Å². The maximum atomic E-state index is 12.1. The van der Waals surface area contributed by atoms with E-state index >= 15 is 0 Å². The lowest BCUT2D eigenvalue weighted by molar-refractivity contribution is 0.0282. The molecule has 1 amide bonds. The minimum absolute atomic E-state index is 0.223. The molecular formula is C14H22ClN3O2S. The summed E-state index contributed by atoms with van der Waals surface area (Å²) in [5, 5.41) is 0. The standard InChI is InChI=1S/C14H22ClN3O2S/c1-14(2,3)20-13(19)18-6-5-10(8-18)17(4)9-11-7-16-12(15)21-11/h7,10H,5-6,8-9H2,1-4H3/t10-/m0/s1. The summed E-state index contributed by atoms with van der Waals surface area (Å²) >= 11 is 7.35. The fourth-order valence-corrected chi connectivity index (χ4v) is 3.37. The van der Waals surface area contributed by atoms with Crippen molar-refractivity contribution in [3.05, 3.63) is 15.5 Å². The Morgan fingerprint density at radius 2 is 2.33 bits per heavy atom. The van der Waals surface area contributed by atoms with Crippen molar-refractivity contribution in [1.29, 1.82) is 0 Å². The van der Waals surface area contributed by atoms with Crippen LogP contribution in [0.25, 0.3) is 0 Å². The van der Waals surface area contributed by atoms with E-state index in [0.717, 1.165) is 24.4 Å². The van der Waals surface area contributed by atoms with E-state index in [-0.39, 0.29) is 6.09 Å². The molecule has 5 nitrogen and oxygen atoms in total. The highest BCUT2D eigenvalue weighted by Gasteiger charge is 2.31. The number of ether oxygens (including phenoxy) is 1. The number of thiazole rings is 1. The number of amides is 1. The Hall–Kier alpha value is -0.850. The SMILES string of the molecule is CN(Cc1cnc(Cl)s1)[C@H]1CCN(C(=O)OC(C)(C)C)C1. The van der Waals surface area contributed by atoms with E-state index in [1.165, 1.54) is 11.3 Å². The number of hydrogen-bond acceptors (Lipinski definition) is 5. The molecule has 0 aliphatic carbocycles. The highest BCUT2D eigenvalue weighted by molar-refractivity contribution is 7.15. The van der Waals surface area contributed by atoms with Crippen molar-refractivity contribution in [3.8, 4) is 0 Å². The van der Waals surface area contributed by atoms with E-state index in [1.807, 2.05) is 27.0 Å². The molecule has 1 aromatic heterocycles. The molecule has 1 aliphatic heterocycles. The van der Waals surface area contributed by atoms with Gasteiger partial charge in [-0.15, -0.1) is 11.3 Å². The molecule has 1 aliphatic rings. The van der Waals surface area contributed by atoms with Crippen LogP contribution in [-0.4, -0.2) is 52.7 Å². The van der Waals surface area contributed by atoms with Gasteiger partial charge in [-0.3, -0.25) is 4.90 Å². The summed E-state index contributed by atoms with van der Waals surface area (Å²) in [4.78, 5) is 21.3. The number of likely N-dealkylation sites (tertiary alicyclic amines) is 1. The molecule has 21 heavy (non-hydrogen) atoms. The Labute approximate surface area is 134 Å². The smallest absolute Gasteiger partial charge is 0.410 e. The number of carbonyl (C=O) groups is 1. The van der Waals surface area contributed by atoms with Crippen LogP contribution in [0.15, 0.2) is 6.20 Å². The average Bonchev–Trinajstić information content (AvgIpc) is 2.96. The van der Waals surface area contributed by atoms with Gasteiger partial charge in [-0.05, 0) is 34.2 Å². The normalized spacial score (nSPS) is 19.3. The van der Waals surface area contributed by atoms with E-state index in [4.69, 9.17) is 16.3 Å². The van der Waals surface area contributed by atoms with Crippen molar-refractivity contribution in [1.82, 2.24) is 14.8 Å². The van der Waals surface area contributed by atoms with Crippen LogP contribution < -0.4 is 0 Å². The van der Waals surface area contributed by atoms with Gasteiger partial charge in [-0.2, -0.15) is 0 Å². The monoisotopic (exact) mass is 331 g/mol. The number of rotatable bonds is 3. The van der Waals surface area contributed by atoms with Gasteiger partial charge in [-0.1, -0.05) is 11.6 Å². The van der Waals surface area contributed by atoms with Gasteiger partial charge in [0.05, 0.1) is 0 Å². The third kappa shape index (κ3) is 4.83. The van der Waals surface area contributed by atoms with E-state index in [0.29, 0.717) is 17.1 Å². The summed E-state index contributed by atoms with van der Waals surface area (Å²) in [5.41, 5.74) is -0.444. The minimum Gasteiger partial charge on any atom is -0.444 e. The van der Waals surface area contributed by atoms with E-state index < -0.39 is 5.60 Å². The topological polar surface area (TPSA) is 45.7 Å². The number of likely N-dealkylation sites (N-methyl/N-ethyl adjacent to an activating group) is 1. The van der Waals surface area contributed by atoms with Crippen LogP contribution in [0.5, 0.6) is 0 Å². The first-order valence-corrected chi connectivity index (χ1v) is 8.22. The number of carbonyl (C=O) groups excluding carboxylic acids is 1. The third-order valence-electron chi connectivity index (χ3n) is 3.37. The zero-order chi connectivity index (χ0) is 15.6. The van der Waals surface area contributed by atoms with Gasteiger partial charge in [0.15, 0.2) is 4.47 Å². The molecule has 2 rings (SSSR count). The fourth-order valence-electron chi connectivity index (χ4n) is 2.33. The van der Waals surface area contributed by atoms with Crippen LogP contribution in [0, 0.1) is 0 Å². The summed E-state index contributed by atoms with van der Waals surface area (Å²) in [6.07, 6.45) is 2.55. The molecule has 0 spiro atoms. The van der Waals surface area contributed by atoms with E-state index in [2.05, 4.69) is 16.9 Å². The number of nitrogens with zero attached hydrogens (tertiary/aromatic N) is 3. The molecule has 0 bridgehead atoms. The zero-order valence-corrected chi connectivity index (χ0v) is 14.5. The summed E-state index contributed by atoms with van der Waals surface area (Å²) in [6, 6.07) is 0.346. The number of aromatic nitrogens is 1. The summed E-state index contributed by atoms with van der Waals surface area (Å²) < 4.78 is 5.98. The van der Waals surface area contributed by atoms with Gasteiger partial charge in [-0.25, -0.2) is 9.78 Å². The van der Waals surface area contributed by atoms with Crippen molar-refractivity contribution < 1.29 is 9.53 Å². The van der Waals surface area contributed by atoms with Crippen molar-refractivity contribution >= 4 is 29.0 Å². The van der Waals surface area contributed by atoms with Crippen LogP contribution >= 0.6 is 22.9 Å². The highest BCUT2D eigenvalue weighted by atomic mass is 35.5. The molecule has 1 saturated heterocycles. The van der Waals surface area contributed by atoms with Crippen LogP contribution in [0.4, 0.5) is 4.79 Å². The predicted octanol–water partition coefficient (Wildman–Crippen LogP) is 3.24. The van der Waals surface area contributed by atoms with Crippen molar-refractivity contribution in [2.45, 2.75) is 45.4 Å². The van der Waals surface area contributed by atoms with Crippen LogP contribution in [0.1, 0.15) is 32.1 Å². The Bertz CT molecular complexity index is 501. The second-order valence-electron chi connectivity index (χ2n) is 6.36. The molecule has 1 aromatic rings. The highest BCUT2D eigenvalue weighted by Crippen LogP contribution is 2.23. The van der Waals surface area contributed by atoms with Gasteiger partial charge in [0.1, 0.15) is 5.60 Å². The van der Waals surface area contributed by atoms with Crippen LogP contribution in [-0.2, 0) is 11.3 Å². The second kappa shape index (κ2) is 6.50. The lowest BCUT2D eigenvalue weighted by Gasteiger charge is -2.26. The van der Waals surface area contributed by atoms with Gasteiger partial charge in [0.2, 0.25) is 0 Å². The Morgan fingerprint density at radius 1 is 1.62 bits per heavy atom. The van der Waals surface area contributed by atoms with Crippen LogP contribution in [0.2, 0.25) is 4.47 Å². The molecule has 118 valence electrons. The number of hydrogen-bond donors (Lipinski definition) is 0. The molecule has 0 N–H and O–H groups in total. The fraction of sp³-hybridized carbons (Fsp3) is 0.714. The first-order valence-electron chi connectivity index (χ1n) is 7.03. The van der Waals surface area contributed by atoms with Crippen molar-refractivity contribution in [2.24, 2.45) is 0 Å². The Morgan fingerprint density at radius 3 is 2.90 bits per heavy atom. The summed E-state index contributed by atoms with van der Waals surface area (Å²) in [6.45, 7) is 7.91. The lowest BCUT2D eigenvalue weighted by Crippen LogP contribution is -2.38. The Kier molecular flexibility index (Phi) is 5.11. The minimum atomic E-state index is -0.444. The van der Waals surface area contributed by atoms with Gasteiger partial charge >= 0.3 is 6.09 Å². The quantitative estimate of drug-likeness (QED) is 0.853. The maximum absolute atomic E-state index is 12.1. The molecule has 0 saturated carbocycles. The summed E-state index contributed by atoms with van der Waals surface area (Å²) in [5.74, 6) is 0. The lowest BCUT2D eigenvalue weighted by atomic mass is 10.2. The maximum Gasteiger partial charge on any atom is 0.410 e. The molecule has 0 aromatic carbocycles.